The fourth-order valence-electron chi connectivity index (χ4n) is 2.53. The molecule has 0 atom stereocenters. The minimum atomic E-state index is -0.252. The van der Waals surface area contributed by atoms with Crippen LogP contribution < -0.4 is 21.3 Å². The van der Waals surface area contributed by atoms with Gasteiger partial charge in [-0.3, -0.25) is 14.4 Å². The van der Waals surface area contributed by atoms with Gasteiger partial charge in [0.15, 0.2) is 0 Å². The number of methoxy groups -OCH3 is 1. The van der Waals surface area contributed by atoms with E-state index >= 15 is 0 Å². The van der Waals surface area contributed by atoms with E-state index in [0.717, 1.165) is 12.1 Å². The molecule has 2 aromatic carbocycles. The van der Waals surface area contributed by atoms with E-state index in [4.69, 9.17) is 4.74 Å². The van der Waals surface area contributed by atoms with Gasteiger partial charge in [0.05, 0.1) is 6.54 Å². The molecule has 4 N–H and O–H groups in total. The normalized spacial score (nSPS) is 10.1. The zero-order valence-corrected chi connectivity index (χ0v) is 16.6. The fourth-order valence-corrected chi connectivity index (χ4v) is 2.53. The van der Waals surface area contributed by atoms with E-state index in [1.165, 1.54) is 0 Å². The van der Waals surface area contributed by atoms with Crippen LogP contribution in [0.3, 0.4) is 0 Å². The van der Waals surface area contributed by atoms with Crippen LogP contribution in [0.15, 0.2) is 48.5 Å². The summed E-state index contributed by atoms with van der Waals surface area (Å²) in [6.07, 6.45) is 0.731. The molecule has 29 heavy (non-hydrogen) atoms. The number of hydrogen-bond acceptors (Lipinski definition) is 5. The Morgan fingerprint density at radius 2 is 1.69 bits per heavy atom. The van der Waals surface area contributed by atoms with Crippen molar-refractivity contribution in [1.82, 2.24) is 10.6 Å². The zero-order valence-electron chi connectivity index (χ0n) is 16.6. The molecular weight excluding hydrogens is 372 g/mol. The van der Waals surface area contributed by atoms with Crippen LogP contribution in [0.1, 0.15) is 27.1 Å². The van der Waals surface area contributed by atoms with Crippen molar-refractivity contribution in [1.29, 1.82) is 0 Å². The Hall–Kier alpha value is -3.39. The Kier molecular flexibility index (Phi) is 8.65. The van der Waals surface area contributed by atoms with Crippen molar-refractivity contribution < 1.29 is 19.1 Å². The molecule has 0 radical (unpaired) electrons. The highest BCUT2D eigenvalue weighted by molar-refractivity contribution is 5.98. The van der Waals surface area contributed by atoms with Crippen molar-refractivity contribution in [2.24, 2.45) is 0 Å². The maximum absolute atomic E-state index is 12.2. The first kappa shape index (κ1) is 21.9. The van der Waals surface area contributed by atoms with E-state index in [1.807, 2.05) is 0 Å². The Labute approximate surface area is 170 Å². The number of anilines is 2. The number of benzene rings is 2. The lowest BCUT2D eigenvalue weighted by molar-refractivity contribution is -0.114. The third-order valence-electron chi connectivity index (χ3n) is 4.05. The second kappa shape index (κ2) is 11.5. The lowest BCUT2D eigenvalue weighted by Gasteiger charge is -2.10. The molecule has 154 valence electrons. The summed E-state index contributed by atoms with van der Waals surface area (Å²) in [4.78, 5) is 35.9. The summed E-state index contributed by atoms with van der Waals surface area (Å²) in [5.74, 6) is -0.624. The van der Waals surface area contributed by atoms with E-state index in [-0.39, 0.29) is 24.3 Å². The number of nitrogens with one attached hydrogen (secondary N) is 4. The predicted octanol–water partition coefficient (Wildman–Crippen LogP) is 1.86. The average Bonchev–Trinajstić information content (AvgIpc) is 2.75. The van der Waals surface area contributed by atoms with E-state index in [9.17, 15) is 14.4 Å². The summed E-state index contributed by atoms with van der Waals surface area (Å²) < 4.78 is 4.95. The molecule has 0 saturated heterocycles. The standard InChI is InChI=1S/C21H26N4O4/c1-22-20(27)15-7-9-17(10-8-15)24-14-19(26)25-18-6-3-5-16(13-18)21(28)23-11-4-12-29-2/h3,5-10,13,24H,4,11-12,14H2,1-2H3,(H,22,27)(H,23,28)(H,25,26). The maximum Gasteiger partial charge on any atom is 0.251 e. The van der Waals surface area contributed by atoms with Gasteiger partial charge in [-0.15, -0.1) is 0 Å². The number of ether oxygens (including phenoxy) is 1. The molecule has 0 bridgehead atoms. The number of carbonyl (C=O) groups excluding carboxylic acids is 3. The third-order valence-corrected chi connectivity index (χ3v) is 4.05. The van der Waals surface area contributed by atoms with Crippen LogP contribution in [0.25, 0.3) is 0 Å². The second-order valence-corrected chi connectivity index (χ2v) is 6.24. The molecule has 0 aliphatic rings. The first-order valence-corrected chi connectivity index (χ1v) is 9.26. The Morgan fingerprint density at radius 3 is 2.38 bits per heavy atom. The van der Waals surface area contributed by atoms with Crippen LogP contribution in [0, 0.1) is 0 Å². The van der Waals surface area contributed by atoms with E-state index in [0.29, 0.717) is 30.0 Å². The fraction of sp³-hybridized carbons (Fsp3) is 0.286. The Balaban J connectivity index is 1.84. The van der Waals surface area contributed by atoms with Crippen LogP contribution in [0.5, 0.6) is 0 Å². The van der Waals surface area contributed by atoms with E-state index < -0.39 is 0 Å². The first-order valence-electron chi connectivity index (χ1n) is 9.26. The Morgan fingerprint density at radius 1 is 0.931 bits per heavy atom. The summed E-state index contributed by atoms with van der Waals surface area (Å²) >= 11 is 0. The van der Waals surface area contributed by atoms with E-state index in [1.54, 1.807) is 62.7 Å². The van der Waals surface area contributed by atoms with Crippen molar-refractivity contribution in [3.63, 3.8) is 0 Å². The van der Waals surface area contributed by atoms with Gasteiger partial charge in [0.1, 0.15) is 0 Å². The minimum Gasteiger partial charge on any atom is -0.385 e. The van der Waals surface area contributed by atoms with Gasteiger partial charge in [-0.1, -0.05) is 6.07 Å². The van der Waals surface area contributed by atoms with Gasteiger partial charge in [0, 0.05) is 49.8 Å². The summed E-state index contributed by atoms with van der Waals surface area (Å²) in [5.41, 5.74) is 2.27. The van der Waals surface area contributed by atoms with E-state index in [2.05, 4.69) is 21.3 Å². The highest BCUT2D eigenvalue weighted by Gasteiger charge is 2.08. The summed E-state index contributed by atoms with van der Waals surface area (Å²) in [7, 11) is 3.18. The van der Waals surface area contributed by atoms with Crippen LogP contribution in [0.2, 0.25) is 0 Å². The van der Waals surface area contributed by atoms with Crippen molar-refractivity contribution in [2.45, 2.75) is 6.42 Å². The van der Waals surface area contributed by atoms with Gasteiger partial charge in [0.25, 0.3) is 11.8 Å². The molecular formula is C21H26N4O4. The smallest absolute Gasteiger partial charge is 0.251 e. The molecule has 3 amide bonds. The second-order valence-electron chi connectivity index (χ2n) is 6.24. The average molecular weight is 398 g/mol. The lowest BCUT2D eigenvalue weighted by Crippen LogP contribution is -2.25. The molecule has 0 heterocycles. The van der Waals surface area contributed by atoms with Gasteiger partial charge in [-0.05, 0) is 48.9 Å². The third kappa shape index (κ3) is 7.27. The number of carbonyl (C=O) groups is 3. The topological polar surface area (TPSA) is 109 Å². The highest BCUT2D eigenvalue weighted by atomic mass is 16.5. The van der Waals surface area contributed by atoms with Crippen molar-refractivity contribution >= 4 is 29.1 Å². The van der Waals surface area contributed by atoms with Crippen LogP contribution in [-0.4, -0.2) is 51.6 Å². The van der Waals surface area contributed by atoms with Crippen molar-refractivity contribution in [3.8, 4) is 0 Å². The zero-order chi connectivity index (χ0) is 21.1. The van der Waals surface area contributed by atoms with Crippen molar-refractivity contribution in [3.05, 3.63) is 59.7 Å². The monoisotopic (exact) mass is 398 g/mol. The van der Waals surface area contributed by atoms with Gasteiger partial charge in [-0.25, -0.2) is 0 Å². The molecule has 0 saturated carbocycles. The van der Waals surface area contributed by atoms with Crippen molar-refractivity contribution in [2.75, 3.05) is 44.5 Å². The molecule has 0 unspecified atom stereocenters. The molecule has 0 aromatic heterocycles. The summed E-state index contributed by atoms with van der Waals surface area (Å²) in [5, 5.41) is 11.1. The largest absolute Gasteiger partial charge is 0.385 e. The molecule has 2 aromatic rings. The van der Waals surface area contributed by atoms with Gasteiger partial charge >= 0.3 is 0 Å². The SMILES string of the molecule is CNC(=O)c1ccc(NCC(=O)Nc2cccc(C(=O)NCCCOC)c2)cc1. The molecule has 0 aliphatic heterocycles. The maximum atomic E-state index is 12.2. The summed E-state index contributed by atoms with van der Waals surface area (Å²) in [6.45, 7) is 1.15. The van der Waals surface area contributed by atoms with Gasteiger partial charge in [0.2, 0.25) is 5.91 Å². The number of rotatable bonds is 10. The summed E-state index contributed by atoms with van der Waals surface area (Å²) in [6, 6.07) is 13.6. The molecule has 0 spiro atoms. The molecule has 8 heteroatoms. The van der Waals surface area contributed by atoms with Gasteiger partial charge in [-0.2, -0.15) is 0 Å². The minimum absolute atomic E-state index is 0.0484. The van der Waals surface area contributed by atoms with Crippen LogP contribution in [0.4, 0.5) is 11.4 Å². The molecule has 2 rings (SSSR count). The highest BCUT2D eigenvalue weighted by Crippen LogP contribution is 2.12. The van der Waals surface area contributed by atoms with Gasteiger partial charge < -0.3 is 26.0 Å². The molecule has 8 nitrogen and oxygen atoms in total. The molecule has 0 fully saturated rings. The number of hydrogen-bond donors (Lipinski definition) is 4. The molecule has 0 aliphatic carbocycles. The lowest BCUT2D eigenvalue weighted by atomic mass is 10.2. The van der Waals surface area contributed by atoms with Crippen LogP contribution >= 0.6 is 0 Å². The number of amides is 3. The first-order chi connectivity index (χ1) is 14.0. The quantitative estimate of drug-likeness (QED) is 0.457. The predicted molar refractivity (Wildman–Crippen MR) is 112 cm³/mol. The Bertz CT molecular complexity index is 837. The van der Waals surface area contributed by atoms with Crippen LogP contribution in [-0.2, 0) is 9.53 Å².